The van der Waals surface area contributed by atoms with Crippen LogP contribution in [0.3, 0.4) is 0 Å². The second-order valence-electron chi connectivity index (χ2n) is 6.82. The molecule has 0 aliphatic carbocycles. The standard InChI is InChI=1S/C22H19ClN4O/c23-18-5-3-4-16(12-18)13-21(28)26-8-10-27(11-9-26)22-17(14-24)15-25-20-7-2-1-6-19(20)22/h1-7,12,15H,8-11,13H2. The molecular formula is C22H19ClN4O. The molecule has 3 aromatic rings. The minimum absolute atomic E-state index is 0.0991. The molecular weight excluding hydrogens is 372 g/mol. The maximum atomic E-state index is 12.7. The molecule has 0 radical (unpaired) electrons. The number of hydrogen-bond donors (Lipinski definition) is 0. The van der Waals surface area contributed by atoms with E-state index in [9.17, 15) is 10.1 Å². The number of anilines is 1. The van der Waals surface area contributed by atoms with E-state index in [4.69, 9.17) is 11.6 Å². The van der Waals surface area contributed by atoms with Crippen LogP contribution in [0.15, 0.2) is 54.7 Å². The molecule has 0 atom stereocenters. The number of aromatic nitrogens is 1. The topological polar surface area (TPSA) is 60.2 Å². The molecule has 6 heteroatoms. The van der Waals surface area contributed by atoms with Gasteiger partial charge in [0.2, 0.25) is 5.91 Å². The molecule has 1 aliphatic heterocycles. The first-order valence-corrected chi connectivity index (χ1v) is 9.58. The van der Waals surface area contributed by atoms with Crippen molar-refractivity contribution in [1.82, 2.24) is 9.88 Å². The molecule has 1 aromatic heterocycles. The molecule has 1 amide bonds. The van der Waals surface area contributed by atoms with E-state index in [0.29, 0.717) is 43.2 Å². The van der Waals surface area contributed by atoms with Crippen molar-refractivity contribution in [1.29, 1.82) is 5.26 Å². The first kappa shape index (κ1) is 18.3. The molecule has 0 unspecified atom stereocenters. The van der Waals surface area contributed by atoms with Crippen molar-refractivity contribution in [2.75, 3.05) is 31.1 Å². The van der Waals surface area contributed by atoms with Crippen LogP contribution in [0.25, 0.3) is 10.9 Å². The molecule has 0 saturated carbocycles. The zero-order valence-corrected chi connectivity index (χ0v) is 16.1. The zero-order chi connectivity index (χ0) is 19.5. The molecule has 1 saturated heterocycles. The van der Waals surface area contributed by atoms with Gasteiger partial charge in [-0.25, -0.2) is 0 Å². The van der Waals surface area contributed by atoms with E-state index in [-0.39, 0.29) is 5.91 Å². The lowest BCUT2D eigenvalue weighted by Crippen LogP contribution is -2.49. The van der Waals surface area contributed by atoms with Crippen LogP contribution in [0.4, 0.5) is 5.69 Å². The fourth-order valence-electron chi connectivity index (χ4n) is 3.66. The van der Waals surface area contributed by atoms with Gasteiger partial charge in [0.25, 0.3) is 0 Å². The normalized spacial score (nSPS) is 14.1. The summed E-state index contributed by atoms with van der Waals surface area (Å²) in [5, 5.41) is 11.2. The predicted octanol–water partition coefficient (Wildman–Crippen LogP) is 3.65. The van der Waals surface area contributed by atoms with Gasteiger partial charge in [-0.2, -0.15) is 5.26 Å². The van der Waals surface area contributed by atoms with E-state index < -0.39 is 0 Å². The Hall–Kier alpha value is -3.10. The first-order valence-electron chi connectivity index (χ1n) is 9.21. The predicted molar refractivity (Wildman–Crippen MR) is 110 cm³/mol. The summed E-state index contributed by atoms with van der Waals surface area (Å²) >= 11 is 6.01. The SMILES string of the molecule is N#Cc1cnc2ccccc2c1N1CCN(C(=O)Cc2cccc(Cl)c2)CC1. The number of carbonyl (C=O) groups excluding carboxylic acids is 1. The van der Waals surface area contributed by atoms with E-state index in [1.807, 2.05) is 47.4 Å². The van der Waals surface area contributed by atoms with Crippen LogP contribution in [0.1, 0.15) is 11.1 Å². The highest BCUT2D eigenvalue weighted by Gasteiger charge is 2.24. The second-order valence-corrected chi connectivity index (χ2v) is 7.26. The van der Waals surface area contributed by atoms with Gasteiger partial charge >= 0.3 is 0 Å². The van der Waals surface area contributed by atoms with E-state index in [1.54, 1.807) is 12.3 Å². The fraction of sp³-hybridized carbons (Fsp3) is 0.227. The van der Waals surface area contributed by atoms with Gasteiger partial charge in [0, 0.05) is 42.8 Å². The maximum absolute atomic E-state index is 12.7. The number of nitrogens with zero attached hydrogens (tertiary/aromatic N) is 4. The van der Waals surface area contributed by atoms with Gasteiger partial charge in [0.1, 0.15) is 6.07 Å². The van der Waals surface area contributed by atoms with E-state index in [1.165, 1.54) is 0 Å². The summed E-state index contributed by atoms with van der Waals surface area (Å²) in [6.45, 7) is 2.62. The third kappa shape index (κ3) is 3.64. The van der Waals surface area contributed by atoms with Crippen molar-refractivity contribution in [2.24, 2.45) is 0 Å². The van der Waals surface area contributed by atoms with Gasteiger partial charge in [-0.1, -0.05) is 41.9 Å². The van der Waals surface area contributed by atoms with Gasteiger partial charge in [-0.05, 0) is 23.8 Å². The number of piperazine rings is 1. The van der Waals surface area contributed by atoms with Gasteiger partial charge in [0.15, 0.2) is 0 Å². The molecule has 1 aliphatic rings. The van der Waals surface area contributed by atoms with Crippen molar-refractivity contribution in [2.45, 2.75) is 6.42 Å². The highest BCUT2D eigenvalue weighted by molar-refractivity contribution is 6.30. The van der Waals surface area contributed by atoms with Crippen LogP contribution in [0, 0.1) is 11.3 Å². The lowest BCUT2D eigenvalue weighted by atomic mass is 10.1. The smallest absolute Gasteiger partial charge is 0.227 e. The average Bonchev–Trinajstić information content (AvgIpc) is 2.73. The number of para-hydroxylation sites is 1. The molecule has 2 aromatic carbocycles. The molecule has 4 rings (SSSR count). The van der Waals surface area contributed by atoms with E-state index in [0.717, 1.165) is 22.2 Å². The number of benzene rings is 2. The number of pyridine rings is 1. The quantitative estimate of drug-likeness (QED) is 0.684. The monoisotopic (exact) mass is 390 g/mol. The minimum atomic E-state index is 0.0991. The molecule has 28 heavy (non-hydrogen) atoms. The Balaban J connectivity index is 1.50. The Kier molecular flexibility index (Phi) is 5.14. The number of nitriles is 1. The Morgan fingerprint density at radius 1 is 1.11 bits per heavy atom. The Bertz CT molecular complexity index is 1070. The molecule has 0 bridgehead atoms. The van der Waals surface area contributed by atoms with Crippen LogP contribution in [-0.4, -0.2) is 42.0 Å². The number of fused-ring (bicyclic) bond motifs is 1. The van der Waals surface area contributed by atoms with Gasteiger partial charge in [-0.3, -0.25) is 9.78 Å². The highest BCUT2D eigenvalue weighted by Crippen LogP contribution is 2.30. The van der Waals surface area contributed by atoms with Crippen LogP contribution < -0.4 is 4.90 Å². The van der Waals surface area contributed by atoms with E-state index in [2.05, 4.69) is 16.0 Å². The van der Waals surface area contributed by atoms with Crippen molar-refractivity contribution in [3.63, 3.8) is 0 Å². The molecule has 0 spiro atoms. The summed E-state index contributed by atoms with van der Waals surface area (Å²) in [6.07, 6.45) is 1.98. The Labute approximate surface area is 168 Å². The summed E-state index contributed by atoms with van der Waals surface area (Å²) < 4.78 is 0. The average molecular weight is 391 g/mol. The zero-order valence-electron chi connectivity index (χ0n) is 15.3. The number of amides is 1. The first-order chi connectivity index (χ1) is 13.7. The summed E-state index contributed by atoms with van der Waals surface area (Å²) in [5.74, 6) is 0.0991. The minimum Gasteiger partial charge on any atom is -0.366 e. The molecule has 2 heterocycles. The largest absolute Gasteiger partial charge is 0.366 e. The van der Waals surface area contributed by atoms with Crippen molar-refractivity contribution in [3.8, 4) is 6.07 Å². The molecule has 1 fully saturated rings. The van der Waals surface area contributed by atoms with E-state index >= 15 is 0 Å². The molecule has 0 N–H and O–H groups in total. The van der Waals surface area contributed by atoms with Crippen molar-refractivity contribution in [3.05, 3.63) is 70.9 Å². The maximum Gasteiger partial charge on any atom is 0.227 e. The van der Waals surface area contributed by atoms with Crippen LogP contribution >= 0.6 is 11.6 Å². The number of halogens is 1. The molecule has 5 nitrogen and oxygen atoms in total. The third-order valence-corrected chi connectivity index (χ3v) is 5.30. The second kappa shape index (κ2) is 7.87. The van der Waals surface area contributed by atoms with Crippen molar-refractivity contribution >= 4 is 34.1 Å². The lowest BCUT2D eigenvalue weighted by Gasteiger charge is -2.37. The van der Waals surface area contributed by atoms with Gasteiger partial charge in [0.05, 0.1) is 23.2 Å². The summed E-state index contributed by atoms with van der Waals surface area (Å²) in [5.41, 5.74) is 3.27. The number of rotatable bonds is 3. The lowest BCUT2D eigenvalue weighted by molar-refractivity contribution is -0.130. The Morgan fingerprint density at radius 2 is 1.89 bits per heavy atom. The summed E-state index contributed by atoms with van der Waals surface area (Å²) in [7, 11) is 0. The van der Waals surface area contributed by atoms with Gasteiger partial charge < -0.3 is 9.80 Å². The third-order valence-electron chi connectivity index (χ3n) is 5.06. The number of carbonyl (C=O) groups is 1. The fourth-order valence-corrected chi connectivity index (χ4v) is 3.87. The number of hydrogen-bond acceptors (Lipinski definition) is 4. The summed E-state index contributed by atoms with van der Waals surface area (Å²) in [4.78, 5) is 21.1. The summed E-state index contributed by atoms with van der Waals surface area (Å²) in [6, 6.07) is 17.5. The highest BCUT2D eigenvalue weighted by atomic mass is 35.5. The van der Waals surface area contributed by atoms with Gasteiger partial charge in [-0.15, -0.1) is 0 Å². The Morgan fingerprint density at radius 3 is 2.64 bits per heavy atom. The van der Waals surface area contributed by atoms with Crippen LogP contribution in [0.2, 0.25) is 5.02 Å². The van der Waals surface area contributed by atoms with Crippen LogP contribution in [0.5, 0.6) is 0 Å². The van der Waals surface area contributed by atoms with Crippen LogP contribution in [-0.2, 0) is 11.2 Å². The molecule has 140 valence electrons. The van der Waals surface area contributed by atoms with Crippen molar-refractivity contribution < 1.29 is 4.79 Å².